The summed E-state index contributed by atoms with van der Waals surface area (Å²) in [5.41, 5.74) is 10.4. The molecule has 156 valence electrons. The second-order valence-corrected chi connectivity index (χ2v) is 8.66. The zero-order valence-corrected chi connectivity index (χ0v) is 17.8. The van der Waals surface area contributed by atoms with Crippen molar-refractivity contribution in [2.75, 3.05) is 11.1 Å². The number of H-pyrrole nitrogens is 1. The van der Waals surface area contributed by atoms with Gasteiger partial charge in [0.15, 0.2) is 5.78 Å². The molecule has 0 saturated carbocycles. The van der Waals surface area contributed by atoms with Crippen molar-refractivity contribution in [1.82, 2.24) is 4.98 Å². The maximum atomic E-state index is 13.1. The topological polar surface area (TPSA) is 88.0 Å². The van der Waals surface area contributed by atoms with E-state index in [0.717, 1.165) is 16.5 Å². The lowest BCUT2D eigenvalue weighted by Crippen LogP contribution is -2.15. The van der Waals surface area contributed by atoms with Crippen LogP contribution in [-0.4, -0.2) is 16.7 Å². The molecule has 4 rings (SSSR count). The van der Waals surface area contributed by atoms with Crippen LogP contribution in [0.25, 0.3) is 10.9 Å². The molecule has 4 N–H and O–H groups in total. The molecule has 0 fully saturated rings. The van der Waals surface area contributed by atoms with Gasteiger partial charge < -0.3 is 16.0 Å². The van der Waals surface area contributed by atoms with Gasteiger partial charge in [-0.3, -0.25) is 9.59 Å². The maximum Gasteiger partial charge on any atom is 0.255 e. The molecule has 0 bridgehead atoms. The number of nitrogen functional groups attached to an aromatic ring is 1. The Bertz CT molecular complexity index is 1280. The molecule has 0 unspecified atom stereocenters. The molecule has 0 atom stereocenters. The normalized spacial score (nSPS) is 11.5. The number of aromatic amines is 1. The molecule has 0 radical (unpaired) electrons. The van der Waals surface area contributed by atoms with Gasteiger partial charge in [-0.1, -0.05) is 57.2 Å². The Labute approximate surface area is 181 Å². The van der Waals surface area contributed by atoms with E-state index in [0.29, 0.717) is 22.4 Å². The van der Waals surface area contributed by atoms with Gasteiger partial charge in [-0.05, 0) is 46.7 Å². The van der Waals surface area contributed by atoms with E-state index >= 15 is 0 Å². The fourth-order valence-corrected chi connectivity index (χ4v) is 3.53. The van der Waals surface area contributed by atoms with E-state index in [1.165, 1.54) is 0 Å². The van der Waals surface area contributed by atoms with Gasteiger partial charge in [-0.25, -0.2) is 0 Å². The number of anilines is 2. The third-order valence-electron chi connectivity index (χ3n) is 5.43. The van der Waals surface area contributed by atoms with Crippen LogP contribution in [0.3, 0.4) is 0 Å². The molecule has 31 heavy (non-hydrogen) atoms. The molecule has 0 spiro atoms. The first-order valence-electron chi connectivity index (χ1n) is 10.2. The summed E-state index contributed by atoms with van der Waals surface area (Å²) in [5.74, 6) is -0.468. The van der Waals surface area contributed by atoms with Gasteiger partial charge in [-0.15, -0.1) is 0 Å². The van der Waals surface area contributed by atoms with Crippen molar-refractivity contribution in [3.8, 4) is 0 Å². The van der Waals surface area contributed by atoms with Gasteiger partial charge in [0.05, 0.1) is 11.4 Å². The van der Waals surface area contributed by atoms with Crippen LogP contribution in [0, 0.1) is 0 Å². The highest BCUT2D eigenvalue weighted by Gasteiger charge is 2.18. The first-order valence-corrected chi connectivity index (χ1v) is 10.2. The summed E-state index contributed by atoms with van der Waals surface area (Å²) in [6.07, 6.45) is 1.83. The van der Waals surface area contributed by atoms with Gasteiger partial charge in [0.2, 0.25) is 0 Å². The van der Waals surface area contributed by atoms with E-state index < -0.39 is 0 Å². The first kappa shape index (κ1) is 20.4. The molecule has 0 aliphatic heterocycles. The largest absolute Gasteiger partial charge is 0.396 e. The molecule has 5 heteroatoms. The van der Waals surface area contributed by atoms with Crippen molar-refractivity contribution in [2.24, 2.45) is 0 Å². The van der Waals surface area contributed by atoms with E-state index in [1.807, 2.05) is 42.6 Å². The van der Waals surface area contributed by atoms with Crippen LogP contribution >= 0.6 is 0 Å². The van der Waals surface area contributed by atoms with Crippen LogP contribution in [0.15, 0.2) is 72.9 Å². The van der Waals surface area contributed by atoms with Crippen molar-refractivity contribution < 1.29 is 9.59 Å². The number of nitrogens with one attached hydrogen (secondary N) is 2. The summed E-state index contributed by atoms with van der Waals surface area (Å²) in [6, 6.07) is 20.0. The maximum absolute atomic E-state index is 13.1. The minimum Gasteiger partial charge on any atom is -0.396 e. The molecule has 3 aromatic carbocycles. The number of hydrogen-bond donors (Lipinski definition) is 3. The number of carbonyl (C=O) groups is 2. The summed E-state index contributed by atoms with van der Waals surface area (Å²) >= 11 is 0. The Kier molecular flexibility index (Phi) is 5.11. The predicted octanol–water partition coefficient (Wildman–Crippen LogP) is 5.53. The Morgan fingerprint density at radius 1 is 0.903 bits per heavy atom. The van der Waals surface area contributed by atoms with Crippen LogP contribution in [0.2, 0.25) is 0 Å². The van der Waals surface area contributed by atoms with Crippen LogP contribution in [0.4, 0.5) is 11.4 Å². The lowest BCUT2D eigenvalue weighted by molar-refractivity contribution is 0.102. The van der Waals surface area contributed by atoms with E-state index in [1.54, 1.807) is 30.3 Å². The molecular formula is C26H25N3O2. The average Bonchev–Trinajstić information content (AvgIpc) is 3.22. The average molecular weight is 412 g/mol. The number of nitrogens with two attached hydrogens (primary N) is 1. The fraction of sp³-hybridized carbons (Fsp3) is 0.154. The number of ketones is 1. The van der Waals surface area contributed by atoms with Crippen molar-refractivity contribution in [3.05, 3.63) is 95.2 Å². The van der Waals surface area contributed by atoms with Gasteiger partial charge in [0.1, 0.15) is 0 Å². The first-order chi connectivity index (χ1) is 14.7. The second-order valence-electron chi connectivity index (χ2n) is 8.66. The number of para-hydroxylation sites is 1. The van der Waals surface area contributed by atoms with E-state index in [4.69, 9.17) is 5.73 Å². The van der Waals surface area contributed by atoms with Gasteiger partial charge in [-0.2, -0.15) is 0 Å². The Morgan fingerprint density at radius 2 is 1.61 bits per heavy atom. The Hall–Kier alpha value is -3.86. The summed E-state index contributed by atoms with van der Waals surface area (Å²) in [4.78, 5) is 28.9. The standard InChI is InChI=1S/C26H25N3O2/c1-26(2,3)19-11-9-17(10-12-19)24(30)20-5-4-6-21(23(20)27)29-25(31)18-8-7-16-13-14-28-22(16)15-18/h4-15,28H,27H2,1-3H3,(H,29,31). The zero-order valence-electron chi connectivity index (χ0n) is 17.8. The van der Waals surface area contributed by atoms with E-state index in [9.17, 15) is 9.59 Å². The van der Waals surface area contributed by atoms with E-state index in [2.05, 4.69) is 31.1 Å². The van der Waals surface area contributed by atoms with Crippen molar-refractivity contribution in [1.29, 1.82) is 0 Å². The SMILES string of the molecule is CC(C)(C)c1ccc(C(=O)c2cccc(NC(=O)c3ccc4cc[nH]c4c3)c2N)cc1. The van der Waals surface area contributed by atoms with Gasteiger partial charge >= 0.3 is 0 Å². The molecule has 0 saturated heterocycles. The van der Waals surface area contributed by atoms with Crippen LogP contribution < -0.4 is 11.1 Å². The monoisotopic (exact) mass is 411 g/mol. The van der Waals surface area contributed by atoms with Gasteiger partial charge in [0.25, 0.3) is 5.91 Å². The highest BCUT2D eigenvalue weighted by atomic mass is 16.1. The van der Waals surface area contributed by atoms with Crippen LogP contribution in [0.5, 0.6) is 0 Å². The second kappa shape index (κ2) is 7.76. The van der Waals surface area contributed by atoms with Gasteiger partial charge in [0, 0.05) is 28.4 Å². The lowest BCUT2D eigenvalue weighted by atomic mass is 9.86. The number of carbonyl (C=O) groups excluding carboxylic acids is 2. The molecular weight excluding hydrogens is 386 g/mol. The molecule has 1 aromatic heterocycles. The molecule has 0 aliphatic rings. The predicted molar refractivity (Wildman–Crippen MR) is 126 cm³/mol. The smallest absolute Gasteiger partial charge is 0.255 e. The summed E-state index contributed by atoms with van der Waals surface area (Å²) in [6.45, 7) is 6.38. The molecule has 1 heterocycles. The quantitative estimate of drug-likeness (QED) is 0.305. The number of aromatic nitrogens is 1. The highest BCUT2D eigenvalue weighted by molar-refractivity contribution is 6.15. The number of rotatable bonds is 4. The van der Waals surface area contributed by atoms with E-state index in [-0.39, 0.29) is 22.8 Å². The lowest BCUT2D eigenvalue weighted by Gasteiger charge is -2.19. The van der Waals surface area contributed by atoms with Crippen LogP contribution in [0.1, 0.15) is 52.6 Å². The zero-order chi connectivity index (χ0) is 22.2. The highest BCUT2D eigenvalue weighted by Crippen LogP contribution is 2.27. The van der Waals surface area contributed by atoms with Crippen molar-refractivity contribution in [3.63, 3.8) is 0 Å². The third kappa shape index (κ3) is 4.08. The number of benzene rings is 3. The number of fused-ring (bicyclic) bond motifs is 1. The van der Waals surface area contributed by atoms with Crippen molar-refractivity contribution in [2.45, 2.75) is 26.2 Å². The molecule has 0 aliphatic carbocycles. The minimum atomic E-state index is -0.290. The number of hydrogen-bond acceptors (Lipinski definition) is 3. The molecule has 5 nitrogen and oxygen atoms in total. The Morgan fingerprint density at radius 3 is 2.32 bits per heavy atom. The Balaban J connectivity index is 1.58. The van der Waals surface area contributed by atoms with Crippen molar-refractivity contribution >= 4 is 34.0 Å². The minimum absolute atomic E-state index is 0.00788. The van der Waals surface area contributed by atoms with Crippen LogP contribution in [-0.2, 0) is 5.41 Å². The molecule has 4 aromatic rings. The molecule has 1 amide bonds. The number of amides is 1. The third-order valence-corrected chi connectivity index (χ3v) is 5.43. The summed E-state index contributed by atoms with van der Waals surface area (Å²) in [5, 5.41) is 3.86. The summed E-state index contributed by atoms with van der Waals surface area (Å²) in [7, 11) is 0. The summed E-state index contributed by atoms with van der Waals surface area (Å²) < 4.78 is 0. The fourth-order valence-electron chi connectivity index (χ4n) is 3.53.